The van der Waals surface area contributed by atoms with Crippen molar-refractivity contribution in [3.8, 4) is 5.75 Å². The third kappa shape index (κ3) is 6.45. The Labute approximate surface area is 193 Å². The lowest BCUT2D eigenvalue weighted by molar-refractivity contribution is -0.121. The van der Waals surface area contributed by atoms with Gasteiger partial charge in [-0.05, 0) is 75.3 Å². The number of benzene rings is 1. The number of hydrogen-bond donors (Lipinski definition) is 1. The normalized spacial score (nSPS) is 20.4. The molecule has 2 aliphatic heterocycles. The van der Waals surface area contributed by atoms with Crippen LogP contribution in [0.4, 0.5) is 0 Å². The van der Waals surface area contributed by atoms with E-state index in [0.717, 1.165) is 31.4 Å². The lowest BCUT2D eigenvalue weighted by atomic mass is 10.00. The molecular formula is C24H39N3O4S. The molecule has 1 N–H and O–H groups in total. The maximum atomic E-state index is 12.9. The molecule has 0 radical (unpaired) electrons. The van der Waals surface area contributed by atoms with E-state index in [4.69, 9.17) is 4.74 Å². The van der Waals surface area contributed by atoms with Gasteiger partial charge in [0.25, 0.3) is 0 Å². The molecule has 2 heterocycles. The summed E-state index contributed by atoms with van der Waals surface area (Å²) in [4.78, 5) is 15.2. The van der Waals surface area contributed by atoms with Gasteiger partial charge in [-0.15, -0.1) is 0 Å². The van der Waals surface area contributed by atoms with Gasteiger partial charge in [-0.1, -0.05) is 13.3 Å². The molecule has 8 heteroatoms. The number of likely N-dealkylation sites (tertiary alicyclic amines) is 1. The Morgan fingerprint density at radius 1 is 1.16 bits per heavy atom. The smallest absolute Gasteiger partial charge is 0.243 e. The molecule has 0 bridgehead atoms. The highest BCUT2D eigenvalue weighted by atomic mass is 32.2. The average Bonchev–Trinajstić information content (AvgIpc) is 3.36. The minimum absolute atomic E-state index is 0.00876. The number of nitrogens with one attached hydrogen (secondary N) is 1. The Morgan fingerprint density at radius 2 is 1.91 bits per heavy atom. The average molecular weight is 466 g/mol. The zero-order valence-electron chi connectivity index (χ0n) is 19.6. The standard InChI is InChI=1S/C24H39N3O4S/c1-3-21-9-4-5-15-26(21)16-8-14-25-24(28)13-10-20-19-22(11-12-23(20)31-2)32(29,30)27-17-6-7-18-27/h11-12,19,21H,3-10,13-18H2,1-2H3,(H,25,28). The van der Waals surface area contributed by atoms with Gasteiger partial charge in [0.1, 0.15) is 5.75 Å². The summed E-state index contributed by atoms with van der Waals surface area (Å²) in [5.41, 5.74) is 0.752. The molecule has 1 aromatic rings. The lowest BCUT2D eigenvalue weighted by Gasteiger charge is -2.35. The Hall–Kier alpha value is -1.64. The van der Waals surface area contributed by atoms with Crippen LogP contribution in [-0.4, -0.2) is 69.4 Å². The molecular weight excluding hydrogens is 426 g/mol. The molecule has 1 amide bonds. The van der Waals surface area contributed by atoms with Crippen LogP contribution in [0.5, 0.6) is 5.75 Å². The van der Waals surface area contributed by atoms with Gasteiger partial charge in [0.15, 0.2) is 0 Å². The van der Waals surface area contributed by atoms with Crippen molar-refractivity contribution in [1.29, 1.82) is 0 Å². The fraction of sp³-hybridized carbons (Fsp3) is 0.708. The number of rotatable bonds is 11. The maximum absolute atomic E-state index is 12.9. The van der Waals surface area contributed by atoms with Crippen molar-refractivity contribution < 1.29 is 17.9 Å². The highest BCUT2D eigenvalue weighted by Crippen LogP contribution is 2.27. The van der Waals surface area contributed by atoms with E-state index < -0.39 is 10.0 Å². The maximum Gasteiger partial charge on any atom is 0.243 e. The van der Waals surface area contributed by atoms with Gasteiger partial charge in [-0.2, -0.15) is 4.31 Å². The minimum atomic E-state index is -3.49. The van der Waals surface area contributed by atoms with Crippen LogP contribution in [-0.2, 0) is 21.2 Å². The SMILES string of the molecule is CCC1CCCCN1CCCNC(=O)CCc1cc(S(=O)(=O)N2CCCC2)ccc1OC. The fourth-order valence-electron chi connectivity index (χ4n) is 4.85. The molecule has 1 aromatic carbocycles. The number of ether oxygens (including phenoxy) is 1. The Balaban J connectivity index is 1.49. The van der Waals surface area contributed by atoms with Crippen LogP contribution in [0.1, 0.15) is 63.9 Å². The first kappa shape index (κ1) is 25.0. The van der Waals surface area contributed by atoms with Gasteiger partial charge in [-0.25, -0.2) is 8.42 Å². The van der Waals surface area contributed by atoms with Crippen molar-refractivity contribution in [2.24, 2.45) is 0 Å². The van der Waals surface area contributed by atoms with E-state index >= 15 is 0 Å². The predicted molar refractivity (Wildman–Crippen MR) is 126 cm³/mol. The third-order valence-corrected chi connectivity index (χ3v) is 8.64. The Bertz CT molecular complexity index is 853. The summed E-state index contributed by atoms with van der Waals surface area (Å²) in [6.45, 7) is 6.27. The van der Waals surface area contributed by atoms with Crippen molar-refractivity contribution in [3.63, 3.8) is 0 Å². The molecule has 1 atom stereocenters. The molecule has 2 fully saturated rings. The lowest BCUT2D eigenvalue weighted by Crippen LogP contribution is -2.40. The summed E-state index contributed by atoms with van der Waals surface area (Å²) in [6, 6.07) is 5.65. The second kappa shape index (κ2) is 12.0. The third-order valence-electron chi connectivity index (χ3n) is 6.74. The molecule has 2 saturated heterocycles. The summed E-state index contributed by atoms with van der Waals surface area (Å²) < 4.78 is 32.7. The molecule has 1 unspecified atom stereocenters. The van der Waals surface area contributed by atoms with E-state index in [-0.39, 0.29) is 10.8 Å². The molecule has 3 rings (SSSR count). The van der Waals surface area contributed by atoms with E-state index in [1.807, 2.05) is 0 Å². The highest BCUT2D eigenvalue weighted by molar-refractivity contribution is 7.89. The van der Waals surface area contributed by atoms with Crippen molar-refractivity contribution in [3.05, 3.63) is 23.8 Å². The van der Waals surface area contributed by atoms with Crippen LogP contribution in [0, 0.1) is 0 Å². The van der Waals surface area contributed by atoms with E-state index in [9.17, 15) is 13.2 Å². The van der Waals surface area contributed by atoms with E-state index in [0.29, 0.717) is 44.3 Å². The van der Waals surface area contributed by atoms with E-state index in [1.54, 1.807) is 25.3 Å². The van der Waals surface area contributed by atoms with E-state index in [1.165, 1.54) is 36.5 Å². The molecule has 0 spiro atoms. The van der Waals surface area contributed by atoms with Gasteiger partial charge in [-0.3, -0.25) is 4.79 Å². The minimum Gasteiger partial charge on any atom is -0.496 e. The van der Waals surface area contributed by atoms with Gasteiger partial charge < -0.3 is 15.0 Å². The quantitative estimate of drug-likeness (QED) is 0.508. The van der Waals surface area contributed by atoms with Crippen molar-refractivity contribution in [1.82, 2.24) is 14.5 Å². The second-order valence-electron chi connectivity index (χ2n) is 8.88. The van der Waals surface area contributed by atoms with Crippen LogP contribution >= 0.6 is 0 Å². The molecule has 2 aliphatic rings. The van der Waals surface area contributed by atoms with Crippen LogP contribution in [0.25, 0.3) is 0 Å². The summed E-state index contributed by atoms with van der Waals surface area (Å²) in [6.07, 6.45) is 8.60. The van der Waals surface area contributed by atoms with Gasteiger partial charge in [0.2, 0.25) is 15.9 Å². The number of carbonyl (C=O) groups is 1. The second-order valence-corrected chi connectivity index (χ2v) is 10.8. The summed E-state index contributed by atoms with van der Waals surface area (Å²) in [5.74, 6) is 0.611. The Morgan fingerprint density at radius 3 is 2.62 bits per heavy atom. The zero-order chi connectivity index (χ0) is 23.0. The molecule has 180 valence electrons. The monoisotopic (exact) mass is 465 g/mol. The van der Waals surface area contributed by atoms with Crippen LogP contribution < -0.4 is 10.1 Å². The summed E-state index contributed by atoms with van der Waals surface area (Å²) >= 11 is 0. The first-order chi connectivity index (χ1) is 15.5. The molecule has 32 heavy (non-hydrogen) atoms. The van der Waals surface area contributed by atoms with Crippen molar-refractivity contribution in [2.45, 2.75) is 75.6 Å². The fourth-order valence-corrected chi connectivity index (χ4v) is 6.42. The number of carbonyl (C=O) groups excluding carboxylic acids is 1. The number of hydrogen-bond acceptors (Lipinski definition) is 5. The van der Waals surface area contributed by atoms with Gasteiger partial charge in [0, 0.05) is 38.6 Å². The van der Waals surface area contributed by atoms with E-state index in [2.05, 4.69) is 17.1 Å². The molecule has 7 nitrogen and oxygen atoms in total. The van der Waals surface area contributed by atoms with Crippen molar-refractivity contribution >= 4 is 15.9 Å². The number of sulfonamides is 1. The molecule has 0 saturated carbocycles. The number of amides is 1. The zero-order valence-corrected chi connectivity index (χ0v) is 20.5. The first-order valence-corrected chi connectivity index (χ1v) is 13.6. The number of aryl methyl sites for hydroxylation is 1. The Kier molecular flexibility index (Phi) is 9.37. The van der Waals surface area contributed by atoms with Crippen LogP contribution in [0.2, 0.25) is 0 Å². The van der Waals surface area contributed by atoms with Gasteiger partial charge >= 0.3 is 0 Å². The number of piperidine rings is 1. The summed E-state index contributed by atoms with van der Waals surface area (Å²) in [5, 5.41) is 3.02. The predicted octanol–water partition coefficient (Wildman–Crippen LogP) is 3.18. The van der Waals surface area contributed by atoms with Crippen LogP contribution in [0.3, 0.4) is 0 Å². The van der Waals surface area contributed by atoms with Crippen LogP contribution in [0.15, 0.2) is 23.1 Å². The molecule has 0 aromatic heterocycles. The number of methoxy groups -OCH3 is 1. The summed E-state index contributed by atoms with van der Waals surface area (Å²) in [7, 11) is -1.92. The highest BCUT2D eigenvalue weighted by Gasteiger charge is 2.28. The largest absolute Gasteiger partial charge is 0.496 e. The van der Waals surface area contributed by atoms with Gasteiger partial charge in [0.05, 0.1) is 12.0 Å². The van der Waals surface area contributed by atoms with Crippen molar-refractivity contribution in [2.75, 3.05) is 39.8 Å². The first-order valence-electron chi connectivity index (χ1n) is 12.1. The topological polar surface area (TPSA) is 79.0 Å². The molecule has 0 aliphatic carbocycles. The number of nitrogens with zero attached hydrogens (tertiary/aromatic N) is 2.